The van der Waals surface area contributed by atoms with E-state index in [0.717, 1.165) is 30.9 Å². The van der Waals surface area contributed by atoms with Crippen LogP contribution >= 0.6 is 0 Å². The average molecular weight is 375 g/mol. The number of nitrogens with zero attached hydrogens (tertiary/aromatic N) is 3. The van der Waals surface area contributed by atoms with Gasteiger partial charge in [0.25, 0.3) is 0 Å². The van der Waals surface area contributed by atoms with E-state index >= 15 is 0 Å². The van der Waals surface area contributed by atoms with E-state index in [1.807, 2.05) is 44.4 Å². The largest absolute Gasteiger partial charge is 0.461 e. The van der Waals surface area contributed by atoms with Crippen LogP contribution in [0.3, 0.4) is 0 Å². The molecule has 6 heteroatoms. The summed E-state index contributed by atoms with van der Waals surface area (Å²) in [6.45, 7) is 7.88. The van der Waals surface area contributed by atoms with Crippen LogP contribution in [-0.4, -0.2) is 69.0 Å². The summed E-state index contributed by atoms with van der Waals surface area (Å²) >= 11 is 0. The fourth-order valence-corrected chi connectivity index (χ4v) is 2.79. The normalized spacial score (nSPS) is 11.8. The molecule has 0 unspecified atom stereocenters. The Labute approximate surface area is 162 Å². The van der Waals surface area contributed by atoms with Gasteiger partial charge in [-0.2, -0.15) is 5.26 Å². The van der Waals surface area contributed by atoms with E-state index in [1.54, 1.807) is 6.08 Å². The van der Waals surface area contributed by atoms with Crippen LogP contribution in [0.1, 0.15) is 25.8 Å². The van der Waals surface area contributed by atoms with Crippen LogP contribution in [0, 0.1) is 11.3 Å². The van der Waals surface area contributed by atoms with Crippen LogP contribution in [-0.2, 0) is 9.53 Å². The van der Waals surface area contributed by atoms with Crippen molar-refractivity contribution in [3.8, 4) is 6.07 Å². The fourth-order valence-electron chi connectivity index (χ4n) is 2.79. The Balaban J connectivity index is 2.63. The number of carbonyl (C=O) groups is 1. The summed E-state index contributed by atoms with van der Waals surface area (Å²) < 4.78 is 5.89. The van der Waals surface area contributed by atoms with Crippen molar-refractivity contribution in [1.29, 1.82) is 5.26 Å². The van der Waals surface area contributed by atoms with Gasteiger partial charge in [0.15, 0.2) is 0 Å². The lowest BCUT2D eigenvalue weighted by molar-refractivity contribution is -0.890. The Bertz CT molecular complexity index is 656. The van der Waals surface area contributed by atoms with Crippen molar-refractivity contribution in [2.24, 2.45) is 0 Å². The van der Waals surface area contributed by atoms with Crippen molar-refractivity contribution in [2.45, 2.75) is 20.3 Å². The van der Waals surface area contributed by atoms with Crippen LogP contribution in [0.15, 0.2) is 29.8 Å². The molecule has 0 saturated heterocycles. The predicted octanol–water partition coefficient (Wildman–Crippen LogP) is 2.44. The second kappa shape index (κ2) is 11.4. The van der Waals surface area contributed by atoms with Crippen molar-refractivity contribution in [1.82, 2.24) is 0 Å². The second-order valence-electron chi connectivity index (χ2n) is 7.03. The molecule has 27 heavy (non-hydrogen) atoms. The van der Waals surface area contributed by atoms with Crippen LogP contribution < -0.4 is 4.90 Å². The number of carbonyl (C=O) groups excluding carboxylic acids is 1. The van der Waals surface area contributed by atoms with Gasteiger partial charge < -0.3 is 19.2 Å². The lowest BCUT2D eigenvalue weighted by atomic mass is 10.1. The van der Waals surface area contributed by atoms with Crippen molar-refractivity contribution in [3.05, 3.63) is 35.4 Å². The molecule has 1 aromatic rings. The molecule has 0 fully saturated rings. The van der Waals surface area contributed by atoms with Gasteiger partial charge in [-0.25, -0.2) is 4.79 Å². The third kappa shape index (κ3) is 7.81. The number of nitriles is 1. The van der Waals surface area contributed by atoms with Gasteiger partial charge in [0.1, 0.15) is 18.2 Å². The van der Waals surface area contributed by atoms with E-state index in [4.69, 9.17) is 9.84 Å². The molecule has 148 valence electrons. The summed E-state index contributed by atoms with van der Waals surface area (Å²) in [6, 6.07) is 9.69. The molecule has 0 aromatic heterocycles. The van der Waals surface area contributed by atoms with E-state index < -0.39 is 5.97 Å². The summed E-state index contributed by atoms with van der Waals surface area (Å²) in [6.07, 6.45) is 2.23. The molecular weight excluding hydrogens is 342 g/mol. The number of likely N-dealkylation sites (N-methyl/N-ethyl adjacent to an activating group) is 1. The van der Waals surface area contributed by atoms with Gasteiger partial charge in [-0.3, -0.25) is 0 Å². The molecule has 0 saturated carbocycles. The lowest BCUT2D eigenvalue weighted by Gasteiger charge is -2.28. The molecule has 0 atom stereocenters. The molecule has 0 bridgehead atoms. The molecule has 0 aliphatic carbocycles. The summed E-state index contributed by atoms with van der Waals surface area (Å²) in [5, 5.41) is 18.3. The molecule has 0 heterocycles. The SMILES string of the molecule is CCN(CC)c1ccc(C=C(C#N)C(=O)OCCC[N+](C)(C)CCO)cc1. The second-order valence-corrected chi connectivity index (χ2v) is 7.03. The summed E-state index contributed by atoms with van der Waals surface area (Å²) in [5.74, 6) is -0.599. The minimum atomic E-state index is -0.599. The number of quaternary nitrogens is 1. The zero-order valence-electron chi connectivity index (χ0n) is 16.9. The Kier molecular flexibility index (Phi) is 9.55. The Morgan fingerprint density at radius 3 is 2.37 bits per heavy atom. The zero-order chi connectivity index (χ0) is 20.3. The molecule has 0 spiro atoms. The molecule has 1 N–H and O–H groups in total. The minimum Gasteiger partial charge on any atom is -0.461 e. The fraction of sp³-hybridized carbons (Fsp3) is 0.524. The standard InChI is InChI=1S/C21H32N3O3/c1-5-23(6-2)20-10-8-18(9-11-20)16-19(17-22)21(26)27-15-7-12-24(3,4)13-14-25/h8-11,16,25H,5-7,12-15H2,1-4H3/q+1. The maximum absolute atomic E-state index is 12.1. The van der Waals surface area contributed by atoms with Gasteiger partial charge in [-0.1, -0.05) is 12.1 Å². The molecule has 0 aliphatic rings. The highest BCUT2D eigenvalue weighted by Crippen LogP contribution is 2.17. The van der Waals surface area contributed by atoms with E-state index in [0.29, 0.717) is 17.4 Å². The minimum absolute atomic E-state index is 0.00491. The maximum Gasteiger partial charge on any atom is 0.348 e. The number of benzene rings is 1. The Hall–Kier alpha value is -2.36. The van der Waals surface area contributed by atoms with E-state index in [9.17, 15) is 10.1 Å². The van der Waals surface area contributed by atoms with Gasteiger partial charge in [-0.05, 0) is 37.6 Å². The highest BCUT2D eigenvalue weighted by molar-refractivity contribution is 5.97. The molecule has 1 aromatic carbocycles. The van der Waals surface area contributed by atoms with Gasteiger partial charge in [-0.15, -0.1) is 0 Å². The van der Waals surface area contributed by atoms with Crippen molar-refractivity contribution in [2.75, 3.05) is 58.4 Å². The number of hydrogen-bond donors (Lipinski definition) is 1. The first kappa shape index (κ1) is 22.7. The van der Waals surface area contributed by atoms with Crippen LogP contribution in [0.4, 0.5) is 5.69 Å². The van der Waals surface area contributed by atoms with E-state index in [2.05, 4.69) is 18.7 Å². The first-order valence-corrected chi connectivity index (χ1v) is 9.43. The summed E-state index contributed by atoms with van der Waals surface area (Å²) in [7, 11) is 4.03. The van der Waals surface area contributed by atoms with Gasteiger partial charge in [0.2, 0.25) is 0 Å². The number of aliphatic hydroxyl groups is 1. The van der Waals surface area contributed by atoms with Gasteiger partial charge in [0, 0.05) is 25.2 Å². The number of esters is 1. The van der Waals surface area contributed by atoms with E-state index in [1.165, 1.54) is 0 Å². The molecule has 0 amide bonds. The zero-order valence-corrected chi connectivity index (χ0v) is 16.9. The van der Waals surface area contributed by atoms with Gasteiger partial charge >= 0.3 is 5.97 Å². The van der Waals surface area contributed by atoms with Crippen LogP contribution in [0.2, 0.25) is 0 Å². The third-order valence-corrected chi connectivity index (χ3v) is 4.52. The molecular formula is C21H32N3O3+. The first-order chi connectivity index (χ1) is 12.9. The van der Waals surface area contributed by atoms with Crippen LogP contribution in [0.25, 0.3) is 6.08 Å². The molecule has 0 aliphatic heterocycles. The number of aliphatic hydroxyl groups excluding tert-OH is 1. The Morgan fingerprint density at radius 1 is 1.22 bits per heavy atom. The average Bonchev–Trinajstić information content (AvgIpc) is 2.65. The molecule has 0 radical (unpaired) electrons. The summed E-state index contributed by atoms with van der Waals surface area (Å²) in [5.41, 5.74) is 1.90. The molecule has 6 nitrogen and oxygen atoms in total. The van der Waals surface area contributed by atoms with Crippen molar-refractivity contribution < 1.29 is 19.1 Å². The highest BCUT2D eigenvalue weighted by atomic mass is 16.5. The van der Waals surface area contributed by atoms with Crippen molar-refractivity contribution in [3.63, 3.8) is 0 Å². The topological polar surface area (TPSA) is 73.6 Å². The number of anilines is 1. The molecule has 1 rings (SSSR count). The Morgan fingerprint density at radius 2 is 1.85 bits per heavy atom. The first-order valence-electron chi connectivity index (χ1n) is 9.43. The van der Waals surface area contributed by atoms with Gasteiger partial charge in [0.05, 0.1) is 33.9 Å². The number of ether oxygens (including phenoxy) is 1. The smallest absolute Gasteiger partial charge is 0.348 e. The van der Waals surface area contributed by atoms with Crippen LogP contribution in [0.5, 0.6) is 0 Å². The monoisotopic (exact) mass is 374 g/mol. The predicted molar refractivity (Wildman–Crippen MR) is 108 cm³/mol. The lowest BCUT2D eigenvalue weighted by Crippen LogP contribution is -2.43. The number of hydrogen-bond acceptors (Lipinski definition) is 5. The van der Waals surface area contributed by atoms with Crippen molar-refractivity contribution >= 4 is 17.7 Å². The maximum atomic E-state index is 12.1. The quantitative estimate of drug-likeness (QED) is 0.212. The number of rotatable bonds is 11. The summed E-state index contributed by atoms with van der Waals surface area (Å²) in [4.78, 5) is 14.4. The highest BCUT2D eigenvalue weighted by Gasteiger charge is 2.15. The van der Waals surface area contributed by atoms with E-state index in [-0.39, 0.29) is 18.8 Å². The third-order valence-electron chi connectivity index (χ3n) is 4.52.